The number of hydrogen-bond acceptors (Lipinski definition) is 3. The van der Waals surface area contributed by atoms with E-state index in [0.29, 0.717) is 31.5 Å². The largest absolute Gasteiger partial charge is 0.481 e. The molecule has 0 saturated carbocycles. The van der Waals surface area contributed by atoms with Gasteiger partial charge in [-0.25, -0.2) is 4.79 Å². The summed E-state index contributed by atoms with van der Waals surface area (Å²) in [4.78, 5) is 26.8. The summed E-state index contributed by atoms with van der Waals surface area (Å²) in [5.41, 5.74) is 8.75. The van der Waals surface area contributed by atoms with Crippen molar-refractivity contribution in [3.8, 4) is 0 Å². The lowest BCUT2D eigenvalue weighted by Gasteiger charge is -2.19. The average Bonchev–Trinajstić information content (AvgIpc) is 3.03. The van der Waals surface area contributed by atoms with Crippen molar-refractivity contribution in [1.29, 1.82) is 5.41 Å². The lowest BCUT2D eigenvalue weighted by molar-refractivity contribution is -0.137. The Morgan fingerprint density at radius 3 is 2.00 bits per heavy atom. The van der Waals surface area contributed by atoms with Gasteiger partial charge in [0.05, 0.1) is 0 Å². The number of amidine groups is 1. The minimum absolute atomic E-state index is 0.000584. The maximum Gasteiger partial charge on any atom is 0.329 e. The summed E-state index contributed by atoms with van der Waals surface area (Å²) in [6.07, 6.45) is 1.46. The Bertz CT molecular complexity index is 847. The summed E-state index contributed by atoms with van der Waals surface area (Å²) in [5, 5.41) is 16.1. The Kier molecular flexibility index (Phi) is 5.40. The van der Waals surface area contributed by atoms with Crippen molar-refractivity contribution in [1.82, 2.24) is 0 Å². The van der Waals surface area contributed by atoms with Crippen LogP contribution in [0.4, 0.5) is 16.2 Å². The second-order valence-corrected chi connectivity index (χ2v) is 6.46. The summed E-state index contributed by atoms with van der Waals surface area (Å²) in [7, 11) is 0. The number of carboxylic acids is 1. The number of rotatable bonds is 7. The molecule has 0 bridgehead atoms. The van der Waals surface area contributed by atoms with Gasteiger partial charge in [-0.3, -0.25) is 20.0 Å². The molecule has 0 spiro atoms. The molecule has 27 heavy (non-hydrogen) atoms. The normalized spacial score (nSPS) is 13.9. The third kappa shape index (κ3) is 4.25. The molecule has 2 aromatic rings. The molecule has 2 aromatic carbocycles. The summed E-state index contributed by atoms with van der Waals surface area (Å²) >= 11 is 0. The van der Waals surface area contributed by atoms with Crippen LogP contribution >= 0.6 is 0 Å². The monoisotopic (exact) mass is 366 g/mol. The van der Waals surface area contributed by atoms with Crippen LogP contribution in [0.3, 0.4) is 0 Å². The highest BCUT2D eigenvalue weighted by Gasteiger charge is 2.30. The number of nitrogens with two attached hydrogens (primary N) is 1. The molecule has 0 radical (unpaired) electrons. The van der Waals surface area contributed by atoms with Gasteiger partial charge in [-0.2, -0.15) is 0 Å². The Labute approximate surface area is 157 Å². The van der Waals surface area contributed by atoms with E-state index in [1.54, 1.807) is 34.1 Å². The van der Waals surface area contributed by atoms with Crippen LogP contribution in [-0.4, -0.2) is 36.0 Å². The third-order valence-electron chi connectivity index (χ3n) is 4.60. The fourth-order valence-corrected chi connectivity index (χ4v) is 3.12. The van der Waals surface area contributed by atoms with Gasteiger partial charge in [0.2, 0.25) is 0 Å². The smallest absolute Gasteiger partial charge is 0.329 e. The number of benzene rings is 2. The number of hydrogen-bond donors (Lipinski definition) is 3. The van der Waals surface area contributed by atoms with Crippen molar-refractivity contribution in [3.05, 3.63) is 59.7 Å². The van der Waals surface area contributed by atoms with Gasteiger partial charge in [-0.1, -0.05) is 12.1 Å². The Morgan fingerprint density at radius 1 is 1.00 bits per heavy atom. The van der Waals surface area contributed by atoms with Crippen molar-refractivity contribution in [3.63, 3.8) is 0 Å². The van der Waals surface area contributed by atoms with Gasteiger partial charge in [-0.15, -0.1) is 0 Å². The molecule has 7 nitrogen and oxygen atoms in total. The Hall–Kier alpha value is -3.35. The number of amides is 2. The van der Waals surface area contributed by atoms with Crippen LogP contribution in [0.2, 0.25) is 0 Å². The summed E-state index contributed by atoms with van der Waals surface area (Å²) in [6.45, 7) is 1.17. The first-order valence-electron chi connectivity index (χ1n) is 8.80. The zero-order valence-corrected chi connectivity index (χ0v) is 14.9. The van der Waals surface area contributed by atoms with Crippen molar-refractivity contribution in [2.24, 2.45) is 5.73 Å². The molecule has 0 aromatic heterocycles. The van der Waals surface area contributed by atoms with Gasteiger partial charge in [-0.05, 0) is 54.8 Å². The zero-order chi connectivity index (χ0) is 19.4. The van der Waals surface area contributed by atoms with Crippen LogP contribution in [0, 0.1) is 5.41 Å². The standard InChI is InChI=1S/C20H22N4O3/c21-19(22)15-6-10-17(11-7-15)24-13-12-23(20(24)27)16-8-4-14(5-9-16)2-1-3-18(25)26/h4-11H,1-3,12-13H2,(H3,21,22)(H,25,26). The van der Waals surface area contributed by atoms with Crippen LogP contribution in [0.1, 0.15) is 24.0 Å². The van der Waals surface area contributed by atoms with Gasteiger partial charge >= 0.3 is 12.0 Å². The molecule has 7 heteroatoms. The van der Waals surface area contributed by atoms with Gasteiger partial charge < -0.3 is 10.8 Å². The number of carbonyl (C=O) groups is 2. The quantitative estimate of drug-likeness (QED) is 0.517. The molecule has 1 aliphatic rings. The summed E-state index contributed by atoms with van der Waals surface area (Å²) in [5.74, 6) is -0.787. The fraction of sp³-hybridized carbons (Fsp3) is 0.250. The molecule has 1 heterocycles. The van der Waals surface area contributed by atoms with Gasteiger partial charge in [0.1, 0.15) is 5.84 Å². The fourth-order valence-electron chi connectivity index (χ4n) is 3.12. The molecule has 0 atom stereocenters. The van der Waals surface area contributed by atoms with Crippen LogP contribution < -0.4 is 15.5 Å². The number of nitrogen functional groups attached to an aromatic ring is 1. The Morgan fingerprint density at radius 2 is 1.52 bits per heavy atom. The summed E-state index contributed by atoms with van der Waals surface area (Å²) in [6, 6.07) is 14.6. The van der Waals surface area contributed by atoms with Crippen molar-refractivity contribution in [2.75, 3.05) is 22.9 Å². The minimum atomic E-state index is -0.786. The average molecular weight is 366 g/mol. The van der Waals surface area contributed by atoms with Crippen molar-refractivity contribution >= 4 is 29.2 Å². The van der Waals surface area contributed by atoms with E-state index in [1.807, 2.05) is 24.3 Å². The minimum Gasteiger partial charge on any atom is -0.481 e. The lowest BCUT2D eigenvalue weighted by atomic mass is 10.1. The molecule has 0 unspecified atom stereocenters. The highest BCUT2D eigenvalue weighted by Crippen LogP contribution is 2.26. The van der Waals surface area contributed by atoms with E-state index < -0.39 is 5.97 Å². The maximum atomic E-state index is 12.8. The molecule has 2 amide bonds. The Balaban J connectivity index is 1.65. The molecule has 140 valence electrons. The van der Waals surface area contributed by atoms with E-state index in [4.69, 9.17) is 16.2 Å². The summed E-state index contributed by atoms with van der Waals surface area (Å²) < 4.78 is 0. The first-order valence-corrected chi connectivity index (χ1v) is 8.80. The zero-order valence-electron chi connectivity index (χ0n) is 14.9. The first-order chi connectivity index (χ1) is 13.0. The number of aryl methyl sites for hydroxylation is 1. The second-order valence-electron chi connectivity index (χ2n) is 6.46. The SMILES string of the molecule is N=C(N)c1ccc(N2CCN(c3ccc(CCCC(=O)O)cc3)C2=O)cc1. The van der Waals surface area contributed by atoms with Crippen LogP contribution in [0.25, 0.3) is 0 Å². The van der Waals surface area contributed by atoms with E-state index >= 15 is 0 Å². The predicted molar refractivity (Wildman–Crippen MR) is 105 cm³/mol. The highest BCUT2D eigenvalue weighted by molar-refractivity contribution is 6.06. The number of nitrogens with one attached hydrogen (secondary N) is 1. The first kappa shape index (κ1) is 18.4. The van der Waals surface area contributed by atoms with E-state index in [-0.39, 0.29) is 18.3 Å². The molecule has 1 fully saturated rings. The molecular weight excluding hydrogens is 344 g/mol. The van der Waals surface area contributed by atoms with Crippen LogP contribution in [-0.2, 0) is 11.2 Å². The van der Waals surface area contributed by atoms with E-state index in [2.05, 4.69) is 0 Å². The predicted octanol–water partition coefficient (Wildman–Crippen LogP) is 2.82. The van der Waals surface area contributed by atoms with Gasteiger partial charge in [0, 0.05) is 36.4 Å². The molecule has 0 aliphatic carbocycles. The lowest BCUT2D eigenvalue weighted by Crippen LogP contribution is -2.31. The molecule has 3 rings (SSSR count). The number of aliphatic carboxylic acids is 1. The third-order valence-corrected chi connectivity index (χ3v) is 4.60. The van der Waals surface area contributed by atoms with Crippen LogP contribution in [0.5, 0.6) is 0 Å². The maximum absolute atomic E-state index is 12.8. The number of nitrogens with zero attached hydrogens (tertiary/aromatic N) is 2. The molecule has 4 N–H and O–H groups in total. The van der Waals surface area contributed by atoms with Gasteiger partial charge in [0.25, 0.3) is 0 Å². The second kappa shape index (κ2) is 7.90. The van der Waals surface area contributed by atoms with E-state index in [0.717, 1.165) is 16.9 Å². The van der Waals surface area contributed by atoms with Crippen molar-refractivity contribution < 1.29 is 14.7 Å². The highest BCUT2D eigenvalue weighted by atomic mass is 16.4. The molecule has 1 aliphatic heterocycles. The van der Waals surface area contributed by atoms with Crippen molar-refractivity contribution in [2.45, 2.75) is 19.3 Å². The van der Waals surface area contributed by atoms with E-state index in [1.165, 1.54) is 0 Å². The number of carboxylic acid groups (broad SMARTS) is 1. The number of carbonyl (C=O) groups excluding carboxylic acids is 1. The topological polar surface area (TPSA) is 111 Å². The molecular formula is C20H22N4O3. The van der Waals surface area contributed by atoms with E-state index in [9.17, 15) is 9.59 Å². The van der Waals surface area contributed by atoms with Gasteiger partial charge in [0.15, 0.2) is 0 Å². The molecule has 1 saturated heterocycles. The van der Waals surface area contributed by atoms with Crippen LogP contribution in [0.15, 0.2) is 48.5 Å². The number of anilines is 2. The number of urea groups is 1.